The first-order valence-corrected chi connectivity index (χ1v) is 4.01. The first kappa shape index (κ1) is 9.10. The Labute approximate surface area is 72.0 Å². The highest BCUT2D eigenvalue weighted by Gasteiger charge is 2.23. The highest BCUT2D eigenvalue weighted by Crippen LogP contribution is 2.23. The van der Waals surface area contributed by atoms with Crippen molar-refractivity contribution in [3.05, 3.63) is 21.7 Å². The molecule has 1 aromatic heterocycles. The molecule has 3 nitrogen and oxygen atoms in total. The zero-order chi connectivity index (χ0) is 9.52. The molecule has 0 fully saturated rings. The molecule has 0 spiro atoms. The lowest BCUT2D eigenvalue weighted by Gasteiger charge is -2.14. The molecular weight excluding hydrogens is 154 g/mol. The predicted molar refractivity (Wildman–Crippen MR) is 47.4 cm³/mol. The quantitative estimate of drug-likeness (QED) is 0.591. The van der Waals surface area contributed by atoms with Crippen LogP contribution >= 0.6 is 0 Å². The Morgan fingerprint density at radius 1 is 1.33 bits per heavy atom. The zero-order valence-electron chi connectivity index (χ0n) is 8.26. The normalized spacial score (nSPS) is 12.1. The summed E-state index contributed by atoms with van der Waals surface area (Å²) in [7, 11) is 1.63. The molecule has 12 heavy (non-hydrogen) atoms. The first-order valence-electron chi connectivity index (χ1n) is 4.01. The lowest BCUT2D eigenvalue weighted by Crippen LogP contribution is -2.14. The van der Waals surface area contributed by atoms with Crippen molar-refractivity contribution in [3.63, 3.8) is 0 Å². The second-order valence-corrected chi connectivity index (χ2v) is 4.10. The van der Waals surface area contributed by atoms with Gasteiger partial charge in [0.1, 0.15) is 5.76 Å². The van der Waals surface area contributed by atoms with Crippen molar-refractivity contribution in [3.8, 4) is 0 Å². The van der Waals surface area contributed by atoms with Crippen LogP contribution in [0.1, 0.15) is 32.1 Å². The molecular formula is C9H15NO2. The van der Waals surface area contributed by atoms with E-state index in [0.717, 1.165) is 5.76 Å². The van der Waals surface area contributed by atoms with Crippen LogP contribution in [0.5, 0.6) is 0 Å². The van der Waals surface area contributed by atoms with E-state index >= 15 is 0 Å². The number of rotatable bonds is 0. The average molecular weight is 169 g/mol. The number of nitrogens with zero attached hydrogens (tertiary/aromatic N) is 1. The van der Waals surface area contributed by atoms with Crippen molar-refractivity contribution in [2.75, 3.05) is 0 Å². The van der Waals surface area contributed by atoms with Crippen molar-refractivity contribution in [1.29, 1.82) is 0 Å². The summed E-state index contributed by atoms with van der Waals surface area (Å²) in [4.78, 5) is 11.3. The molecule has 0 radical (unpaired) electrons. The topological polar surface area (TPSA) is 35.1 Å². The second-order valence-electron chi connectivity index (χ2n) is 4.10. The van der Waals surface area contributed by atoms with Crippen molar-refractivity contribution in [2.45, 2.75) is 33.1 Å². The van der Waals surface area contributed by atoms with E-state index in [-0.39, 0.29) is 11.0 Å². The van der Waals surface area contributed by atoms with Gasteiger partial charge in [-0.25, -0.2) is 0 Å². The Morgan fingerprint density at radius 2 is 1.83 bits per heavy atom. The van der Waals surface area contributed by atoms with E-state index in [4.69, 9.17) is 4.52 Å². The Balaban J connectivity index is 3.38. The van der Waals surface area contributed by atoms with E-state index in [1.165, 1.54) is 4.74 Å². The molecule has 0 saturated heterocycles. The van der Waals surface area contributed by atoms with E-state index < -0.39 is 0 Å². The van der Waals surface area contributed by atoms with Gasteiger partial charge in [0, 0.05) is 12.5 Å². The van der Waals surface area contributed by atoms with Gasteiger partial charge in [0.15, 0.2) is 0 Å². The summed E-state index contributed by atoms with van der Waals surface area (Å²) in [5.41, 5.74) is 0.578. The van der Waals surface area contributed by atoms with Crippen LogP contribution in [0.2, 0.25) is 0 Å². The highest BCUT2D eigenvalue weighted by atomic mass is 16.5. The maximum absolute atomic E-state index is 11.3. The largest absolute Gasteiger partial charge is 0.380 e. The Hall–Kier alpha value is -0.990. The van der Waals surface area contributed by atoms with Crippen LogP contribution in [0, 0.1) is 6.92 Å². The third kappa shape index (κ3) is 1.31. The van der Waals surface area contributed by atoms with Gasteiger partial charge in [-0.2, -0.15) is 4.74 Å². The zero-order valence-corrected chi connectivity index (χ0v) is 8.26. The summed E-state index contributed by atoms with van der Waals surface area (Å²) in [5, 5.41) is 0. The lowest BCUT2D eigenvalue weighted by atomic mass is 9.91. The molecule has 0 aliphatic rings. The molecule has 1 rings (SSSR count). The maximum Gasteiger partial charge on any atom is 0.285 e. The van der Waals surface area contributed by atoms with Gasteiger partial charge in [-0.1, -0.05) is 20.8 Å². The molecule has 0 amide bonds. The monoisotopic (exact) mass is 169 g/mol. The molecule has 0 aliphatic carbocycles. The summed E-state index contributed by atoms with van der Waals surface area (Å²) in [6, 6.07) is 0. The number of aromatic nitrogens is 1. The van der Waals surface area contributed by atoms with Crippen molar-refractivity contribution in [2.24, 2.45) is 7.05 Å². The fraction of sp³-hybridized carbons (Fsp3) is 0.667. The molecule has 3 heteroatoms. The van der Waals surface area contributed by atoms with Gasteiger partial charge in [-0.05, 0) is 6.92 Å². The third-order valence-corrected chi connectivity index (χ3v) is 1.86. The lowest BCUT2D eigenvalue weighted by molar-refractivity contribution is 0.246. The fourth-order valence-electron chi connectivity index (χ4n) is 1.28. The van der Waals surface area contributed by atoms with Gasteiger partial charge in [-0.15, -0.1) is 0 Å². The third-order valence-electron chi connectivity index (χ3n) is 1.86. The van der Waals surface area contributed by atoms with E-state index in [0.29, 0.717) is 5.56 Å². The van der Waals surface area contributed by atoms with Crippen LogP contribution in [0.25, 0.3) is 0 Å². The van der Waals surface area contributed by atoms with Gasteiger partial charge in [0.05, 0.1) is 5.56 Å². The van der Waals surface area contributed by atoms with Crippen molar-refractivity contribution in [1.82, 2.24) is 4.74 Å². The predicted octanol–water partition coefficient (Wildman–Crippen LogP) is 1.58. The second kappa shape index (κ2) is 2.51. The first-order chi connectivity index (χ1) is 5.34. The van der Waals surface area contributed by atoms with Gasteiger partial charge in [0.2, 0.25) is 0 Å². The molecule has 0 bridgehead atoms. The molecule has 1 heterocycles. The Morgan fingerprint density at radius 3 is 2.00 bits per heavy atom. The molecule has 0 aliphatic heterocycles. The summed E-state index contributed by atoms with van der Waals surface area (Å²) in [5.74, 6) is 0.773. The summed E-state index contributed by atoms with van der Waals surface area (Å²) < 4.78 is 6.59. The van der Waals surface area contributed by atoms with Crippen LogP contribution in [-0.4, -0.2) is 4.74 Å². The molecule has 0 aromatic carbocycles. The summed E-state index contributed by atoms with van der Waals surface area (Å²) >= 11 is 0. The van der Waals surface area contributed by atoms with E-state index in [1.807, 2.05) is 20.8 Å². The van der Waals surface area contributed by atoms with Crippen LogP contribution < -0.4 is 5.56 Å². The minimum Gasteiger partial charge on any atom is -0.380 e. The molecule has 1 aromatic rings. The minimum absolute atomic E-state index is 0.0417. The van der Waals surface area contributed by atoms with Gasteiger partial charge in [0.25, 0.3) is 5.56 Å². The minimum atomic E-state index is -0.0928. The average Bonchev–Trinajstić information content (AvgIpc) is 2.15. The molecule has 0 unspecified atom stereocenters. The van der Waals surface area contributed by atoms with Crippen LogP contribution in [-0.2, 0) is 12.5 Å². The number of hydrogen-bond donors (Lipinski definition) is 0. The van der Waals surface area contributed by atoms with Crippen molar-refractivity contribution < 1.29 is 4.52 Å². The SMILES string of the molecule is Cc1c(C(C)(C)C)on(C)c1=O. The summed E-state index contributed by atoms with van der Waals surface area (Å²) in [6.07, 6.45) is 0. The van der Waals surface area contributed by atoms with Gasteiger partial charge in [-0.3, -0.25) is 4.79 Å². The standard InChI is InChI=1S/C9H15NO2/c1-6-7(9(2,3)4)12-10(5)8(6)11/h1-5H3. The van der Waals surface area contributed by atoms with E-state index in [1.54, 1.807) is 14.0 Å². The highest BCUT2D eigenvalue weighted by molar-refractivity contribution is 5.19. The van der Waals surface area contributed by atoms with Crippen LogP contribution in [0.15, 0.2) is 9.32 Å². The van der Waals surface area contributed by atoms with Crippen LogP contribution in [0.4, 0.5) is 0 Å². The van der Waals surface area contributed by atoms with Crippen LogP contribution in [0.3, 0.4) is 0 Å². The number of hydrogen-bond acceptors (Lipinski definition) is 2. The maximum atomic E-state index is 11.3. The van der Waals surface area contributed by atoms with E-state index in [2.05, 4.69) is 0 Å². The fourth-order valence-corrected chi connectivity index (χ4v) is 1.28. The number of aryl methyl sites for hydroxylation is 1. The smallest absolute Gasteiger partial charge is 0.285 e. The molecule has 0 N–H and O–H groups in total. The molecule has 68 valence electrons. The Bertz CT molecular complexity index is 338. The molecule has 0 saturated carbocycles. The molecule has 0 atom stereocenters. The van der Waals surface area contributed by atoms with E-state index in [9.17, 15) is 4.79 Å². The van der Waals surface area contributed by atoms with Gasteiger partial charge >= 0.3 is 0 Å². The van der Waals surface area contributed by atoms with Gasteiger partial charge < -0.3 is 4.52 Å². The van der Waals surface area contributed by atoms with Crippen molar-refractivity contribution >= 4 is 0 Å². The summed E-state index contributed by atoms with van der Waals surface area (Å²) in [6.45, 7) is 7.88. The Kier molecular flexibility index (Phi) is 1.90.